The first-order chi connectivity index (χ1) is 9.65. The second kappa shape index (κ2) is 6.90. The largest absolute Gasteiger partial charge is 0.348 e. The Morgan fingerprint density at radius 2 is 2.20 bits per heavy atom. The van der Waals surface area contributed by atoms with Crippen LogP contribution in [0.3, 0.4) is 0 Å². The lowest BCUT2D eigenvalue weighted by molar-refractivity contribution is 0.0900. The number of rotatable bonds is 4. The first-order valence-electron chi connectivity index (χ1n) is 7.09. The van der Waals surface area contributed by atoms with Gasteiger partial charge in [0.1, 0.15) is 11.5 Å². The molecule has 1 saturated carbocycles. The minimum Gasteiger partial charge on any atom is -0.348 e. The predicted molar refractivity (Wildman–Crippen MR) is 80.6 cm³/mol. The maximum atomic E-state index is 12.3. The predicted octanol–water partition coefficient (Wildman–Crippen LogP) is 2.72. The van der Waals surface area contributed by atoms with E-state index in [1.807, 2.05) is 0 Å². The van der Waals surface area contributed by atoms with Crippen molar-refractivity contribution < 1.29 is 4.79 Å². The maximum absolute atomic E-state index is 12.3. The number of hydrogen-bond donors (Lipinski definition) is 3. The fourth-order valence-electron chi connectivity index (χ4n) is 2.80. The van der Waals surface area contributed by atoms with Gasteiger partial charge in [-0.05, 0) is 30.9 Å². The lowest BCUT2D eigenvalue weighted by atomic mass is 9.83. The molecule has 2 rings (SSSR count). The first kappa shape index (κ1) is 15.1. The highest BCUT2D eigenvalue weighted by atomic mass is 35.5. The Bertz CT molecular complexity index is 480. The second-order valence-corrected chi connectivity index (χ2v) is 5.61. The fourth-order valence-corrected chi connectivity index (χ4v) is 3.00. The van der Waals surface area contributed by atoms with Crippen molar-refractivity contribution in [3.05, 3.63) is 22.8 Å². The summed E-state index contributed by atoms with van der Waals surface area (Å²) in [4.78, 5) is 16.5. The van der Waals surface area contributed by atoms with Gasteiger partial charge in [0.25, 0.3) is 5.91 Å². The van der Waals surface area contributed by atoms with Crippen LogP contribution in [0.15, 0.2) is 12.1 Å². The number of anilines is 1. The molecule has 1 amide bonds. The molecular weight excluding hydrogens is 276 g/mol. The van der Waals surface area contributed by atoms with Crippen LogP contribution < -0.4 is 16.6 Å². The third-order valence-corrected chi connectivity index (χ3v) is 4.26. The summed E-state index contributed by atoms with van der Waals surface area (Å²) in [5.74, 6) is 6.05. The molecule has 1 aliphatic carbocycles. The van der Waals surface area contributed by atoms with E-state index in [0.29, 0.717) is 16.8 Å². The molecule has 2 unspecified atom stereocenters. The molecule has 4 N–H and O–H groups in total. The van der Waals surface area contributed by atoms with Crippen LogP contribution in [0.5, 0.6) is 0 Å². The molecule has 6 heteroatoms. The third kappa shape index (κ3) is 3.41. The number of aromatic nitrogens is 1. The minimum atomic E-state index is -0.225. The van der Waals surface area contributed by atoms with E-state index >= 15 is 0 Å². The van der Waals surface area contributed by atoms with Crippen LogP contribution in [0.25, 0.3) is 0 Å². The van der Waals surface area contributed by atoms with Crippen LogP contribution in [-0.4, -0.2) is 16.9 Å². The van der Waals surface area contributed by atoms with Crippen molar-refractivity contribution in [1.82, 2.24) is 10.3 Å². The zero-order valence-electron chi connectivity index (χ0n) is 11.7. The molecular formula is C14H21ClN4O. The highest BCUT2D eigenvalue weighted by Gasteiger charge is 2.26. The van der Waals surface area contributed by atoms with Crippen molar-refractivity contribution in [1.29, 1.82) is 0 Å². The van der Waals surface area contributed by atoms with Crippen LogP contribution >= 0.6 is 11.6 Å². The van der Waals surface area contributed by atoms with Gasteiger partial charge in [-0.15, -0.1) is 0 Å². The highest BCUT2D eigenvalue weighted by molar-refractivity contribution is 6.33. The summed E-state index contributed by atoms with van der Waals surface area (Å²) < 4.78 is 0. The lowest BCUT2D eigenvalue weighted by Gasteiger charge is -2.31. The molecule has 1 fully saturated rings. The number of carbonyl (C=O) groups is 1. The Balaban J connectivity index is 2.11. The second-order valence-electron chi connectivity index (χ2n) is 5.20. The third-order valence-electron chi connectivity index (χ3n) is 3.96. The van der Waals surface area contributed by atoms with E-state index in [-0.39, 0.29) is 17.6 Å². The van der Waals surface area contributed by atoms with Gasteiger partial charge in [-0.1, -0.05) is 37.8 Å². The number of halogens is 1. The summed E-state index contributed by atoms with van der Waals surface area (Å²) in [5.41, 5.74) is 2.65. The molecule has 20 heavy (non-hydrogen) atoms. The van der Waals surface area contributed by atoms with Gasteiger partial charge >= 0.3 is 0 Å². The SMILES string of the molecule is CCC1CCCCC1NC(=O)c1nc(NN)ccc1Cl. The normalized spacial score (nSPS) is 22.4. The van der Waals surface area contributed by atoms with Crippen LogP contribution in [0.2, 0.25) is 5.02 Å². The number of nitrogens with two attached hydrogens (primary N) is 1. The summed E-state index contributed by atoms with van der Waals surface area (Å²) >= 11 is 6.04. The molecule has 2 atom stereocenters. The number of carbonyl (C=O) groups excluding carboxylic acids is 1. The van der Waals surface area contributed by atoms with E-state index in [9.17, 15) is 4.79 Å². The molecule has 1 aliphatic rings. The van der Waals surface area contributed by atoms with Crippen LogP contribution in [0.4, 0.5) is 5.82 Å². The van der Waals surface area contributed by atoms with E-state index in [2.05, 4.69) is 22.7 Å². The standard InChI is InChI=1S/C14H21ClN4O/c1-2-9-5-3-4-6-11(9)17-14(20)13-10(15)7-8-12(18-13)19-16/h7-9,11H,2-6,16H2,1H3,(H,17,20)(H,18,19). The smallest absolute Gasteiger partial charge is 0.271 e. The fraction of sp³-hybridized carbons (Fsp3) is 0.571. The lowest BCUT2D eigenvalue weighted by Crippen LogP contribution is -2.42. The Morgan fingerprint density at radius 3 is 2.90 bits per heavy atom. The maximum Gasteiger partial charge on any atom is 0.271 e. The minimum absolute atomic E-state index is 0.216. The van der Waals surface area contributed by atoms with Crippen LogP contribution in [0.1, 0.15) is 49.5 Å². The Kier molecular flexibility index (Phi) is 5.20. The number of hydrogen-bond acceptors (Lipinski definition) is 4. The number of amides is 1. The summed E-state index contributed by atoms with van der Waals surface area (Å²) in [6, 6.07) is 3.47. The summed E-state index contributed by atoms with van der Waals surface area (Å²) in [5, 5.41) is 3.41. The van der Waals surface area contributed by atoms with Gasteiger partial charge in [-0.3, -0.25) is 4.79 Å². The zero-order valence-corrected chi connectivity index (χ0v) is 12.4. The zero-order chi connectivity index (χ0) is 14.5. The summed E-state index contributed by atoms with van der Waals surface area (Å²) in [6.07, 6.45) is 5.68. The van der Waals surface area contributed by atoms with E-state index in [1.165, 1.54) is 12.8 Å². The van der Waals surface area contributed by atoms with Crippen molar-refractivity contribution in [2.24, 2.45) is 11.8 Å². The van der Waals surface area contributed by atoms with E-state index in [0.717, 1.165) is 19.3 Å². The van der Waals surface area contributed by atoms with Crippen molar-refractivity contribution in [3.63, 3.8) is 0 Å². The Morgan fingerprint density at radius 1 is 1.45 bits per heavy atom. The van der Waals surface area contributed by atoms with Gasteiger partial charge in [-0.2, -0.15) is 0 Å². The quantitative estimate of drug-likeness (QED) is 0.589. The molecule has 0 aromatic carbocycles. The number of pyridine rings is 1. The summed E-state index contributed by atoms with van der Waals surface area (Å²) in [7, 11) is 0. The highest BCUT2D eigenvalue weighted by Crippen LogP contribution is 2.27. The molecule has 0 spiro atoms. The Labute approximate surface area is 124 Å². The number of hydrazine groups is 1. The summed E-state index contributed by atoms with van der Waals surface area (Å²) in [6.45, 7) is 2.17. The molecule has 1 aromatic heterocycles. The topological polar surface area (TPSA) is 80.0 Å². The van der Waals surface area contributed by atoms with Crippen molar-refractivity contribution in [2.45, 2.75) is 45.1 Å². The number of nitrogen functional groups attached to an aromatic ring is 1. The first-order valence-corrected chi connectivity index (χ1v) is 7.47. The van der Waals surface area contributed by atoms with Crippen molar-refractivity contribution >= 4 is 23.3 Å². The van der Waals surface area contributed by atoms with Gasteiger partial charge in [0.2, 0.25) is 0 Å². The molecule has 0 bridgehead atoms. The monoisotopic (exact) mass is 296 g/mol. The molecule has 1 heterocycles. The van der Waals surface area contributed by atoms with Gasteiger partial charge in [0.15, 0.2) is 0 Å². The molecule has 1 aromatic rings. The van der Waals surface area contributed by atoms with E-state index in [1.54, 1.807) is 12.1 Å². The average molecular weight is 297 g/mol. The van der Waals surface area contributed by atoms with Gasteiger partial charge in [0.05, 0.1) is 5.02 Å². The van der Waals surface area contributed by atoms with Gasteiger partial charge in [-0.25, -0.2) is 10.8 Å². The number of nitrogens with zero attached hydrogens (tertiary/aromatic N) is 1. The average Bonchev–Trinajstić information content (AvgIpc) is 2.48. The van der Waals surface area contributed by atoms with E-state index in [4.69, 9.17) is 17.4 Å². The van der Waals surface area contributed by atoms with Crippen LogP contribution in [0, 0.1) is 5.92 Å². The van der Waals surface area contributed by atoms with Crippen molar-refractivity contribution in [2.75, 3.05) is 5.43 Å². The molecule has 0 aliphatic heterocycles. The van der Waals surface area contributed by atoms with Crippen LogP contribution in [-0.2, 0) is 0 Å². The van der Waals surface area contributed by atoms with Gasteiger partial charge in [0, 0.05) is 6.04 Å². The molecule has 110 valence electrons. The molecule has 0 saturated heterocycles. The molecule has 0 radical (unpaired) electrons. The van der Waals surface area contributed by atoms with Gasteiger partial charge < -0.3 is 10.7 Å². The molecule has 5 nitrogen and oxygen atoms in total. The number of nitrogens with one attached hydrogen (secondary N) is 2. The van der Waals surface area contributed by atoms with E-state index < -0.39 is 0 Å². The van der Waals surface area contributed by atoms with Crippen molar-refractivity contribution in [3.8, 4) is 0 Å². The Hall–Kier alpha value is -1.33.